The molecule has 1 atom stereocenters. The number of hydrogen-bond donors (Lipinski definition) is 1. The van der Waals surface area contributed by atoms with E-state index in [1.54, 1.807) is 18.2 Å². The van der Waals surface area contributed by atoms with Crippen molar-refractivity contribution in [3.8, 4) is 11.5 Å². The SMILES string of the molecule is O=C(Nc1ccc2c(c1)OCO2)C1CC(c2ccccc2)=NO1. The van der Waals surface area contributed by atoms with Gasteiger partial charge in [0, 0.05) is 18.2 Å². The minimum absolute atomic E-state index is 0.201. The van der Waals surface area contributed by atoms with Crippen LogP contribution in [0.5, 0.6) is 11.5 Å². The first kappa shape index (κ1) is 13.6. The first-order valence-corrected chi connectivity index (χ1v) is 7.28. The largest absolute Gasteiger partial charge is 0.454 e. The summed E-state index contributed by atoms with van der Waals surface area (Å²) in [4.78, 5) is 17.6. The van der Waals surface area contributed by atoms with E-state index in [1.807, 2.05) is 30.3 Å². The number of oxime groups is 1. The first-order valence-electron chi connectivity index (χ1n) is 7.28. The summed E-state index contributed by atoms with van der Waals surface area (Å²) in [6.45, 7) is 0.201. The van der Waals surface area contributed by atoms with Gasteiger partial charge in [-0.05, 0) is 17.7 Å². The van der Waals surface area contributed by atoms with E-state index < -0.39 is 6.10 Å². The van der Waals surface area contributed by atoms with Crippen LogP contribution >= 0.6 is 0 Å². The molecule has 1 amide bonds. The number of nitrogens with one attached hydrogen (secondary N) is 1. The molecule has 0 fully saturated rings. The maximum atomic E-state index is 12.3. The van der Waals surface area contributed by atoms with Crippen LogP contribution in [0.1, 0.15) is 12.0 Å². The van der Waals surface area contributed by atoms with Gasteiger partial charge in [-0.15, -0.1) is 0 Å². The molecule has 1 N–H and O–H groups in total. The second-order valence-corrected chi connectivity index (χ2v) is 5.26. The first-order chi connectivity index (χ1) is 11.3. The van der Waals surface area contributed by atoms with Crippen molar-refractivity contribution in [2.75, 3.05) is 12.1 Å². The molecule has 2 heterocycles. The Hall–Kier alpha value is -3.02. The molecule has 23 heavy (non-hydrogen) atoms. The van der Waals surface area contributed by atoms with Gasteiger partial charge in [-0.25, -0.2) is 0 Å². The highest BCUT2D eigenvalue weighted by Gasteiger charge is 2.29. The Morgan fingerprint density at radius 3 is 2.78 bits per heavy atom. The standard InChI is InChI=1S/C17H14N2O4/c20-17(18-12-6-7-14-15(8-12)22-10-21-14)16-9-13(19-23-16)11-4-2-1-3-5-11/h1-8,16H,9-10H2,(H,18,20). The highest BCUT2D eigenvalue weighted by Crippen LogP contribution is 2.34. The maximum Gasteiger partial charge on any atom is 0.268 e. The van der Waals surface area contributed by atoms with Crippen LogP contribution in [0.25, 0.3) is 0 Å². The molecule has 0 bridgehead atoms. The normalized spacial score (nSPS) is 18.3. The van der Waals surface area contributed by atoms with Gasteiger partial charge in [-0.3, -0.25) is 4.79 Å². The van der Waals surface area contributed by atoms with Crippen LogP contribution in [0.4, 0.5) is 5.69 Å². The second kappa shape index (κ2) is 5.64. The molecule has 116 valence electrons. The summed E-state index contributed by atoms with van der Waals surface area (Å²) in [5.74, 6) is 1.06. The van der Waals surface area contributed by atoms with E-state index in [-0.39, 0.29) is 12.7 Å². The highest BCUT2D eigenvalue weighted by atomic mass is 16.7. The molecular formula is C17H14N2O4. The lowest BCUT2D eigenvalue weighted by molar-refractivity contribution is -0.125. The van der Waals surface area contributed by atoms with E-state index >= 15 is 0 Å². The second-order valence-electron chi connectivity index (χ2n) is 5.26. The number of amides is 1. The predicted octanol–water partition coefficient (Wildman–Crippen LogP) is 2.55. The van der Waals surface area contributed by atoms with Gasteiger partial charge in [0.15, 0.2) is 11.5 Å². The third-order valence-electron chi connectivity index (χ3n) is 3.71. The average Bonchev–Trinajstić information content (AvgIpc) is 3.24. The molecule has 2 aromatic rings. The summed E-state index contributed by atoms with van der Waals surface area (Å²) in [6, 6.07) is 14.9. The van der Waals surface area contributed by atoms with Crippen LogP contribution in [-0.2, 0) is 9.63 Å². The minimum atomic E-state index is -0.629. The molecule has 0 aliphatic carbocycles. The minimum Gasteiger partial charge on any atom is -0.454 e. The van der Waals surface area contributed by atoms with E-state index in [2.05, 4.69) is 10.5 Å². The van der Waals surface area contributed by atoms with Crippen LogP contribution < -0.4 is 14.8 Å². The van der Waals surface area contributed by atoms with Gasteiger partial charge in [0.2, 0.25) is 12.9 Å². The summed E-state index contributed by atoms with van der Waals surface area (Å²) in [5, 5.41) is 6.83. The maximum absolute atomic E-state index is 12.3. The lowest BCUT2D eigenvalue weighted by atomic mass is 10.0. The topological polar surface area (TPSA) is 69.2 Å². The molecule has 0 saturated heterocycles. The van der Waals surface area contributed by atoms with Crippen LogP contribution in [-0.4, -0.2) is 24.5 Å². The smallest absolute Gasteiger partial charge is 0.268 e. The molecule has 6 nitrogen and oxygen atoms in total. The van der Waals surface area contributed by atoms with E-state index in [0.717, 1.165) is 11.3 Å². The summed E-state index contributed by atoms with van der Waals surface area (Å²) >= 11 is 0. The number of carbonyl (C=O) groups is 1. The van der Waals surface area contributed by atoms with Crippen molar-refractivity contribution in [3.05, 3.63) is 54.1 Å². The van der Waals surface area contributed by atoms with E-state index in [1.165, 1.54) is 0 Å². The number of carbonyl (C=O) groups excluding carboxylic acids is 1. The van der Waals surface area contributed by atoms with E-state index in [9.17, 15) is 4.79 Å². The van der Waals surface area contributed by atoms with Gasteiger partial charge < -0.3 is 19.6 Å². The number of rotatable bonds is 3. The predicted molar refractivity (Wildman–Crippen MR) is 83.7 cm³/mol. The van der Waals surface area contributed by atoms with Crippen molar-refractivity contribution in [1.82, 2.24) is 0 Å². The van der Waals surface area contributed by atoms with Gasteiger partial charge in [0.1, 0.15) is 0 Å². The van der Waals surface area contributed by atoms with Gasteiger partial charge in [-0.1, -0.05) is 35.5 Å². The lowest BCUT2D eigenvalue weighted by Gasteiger charge is -2.10. The Kier molecular flexibility index (Phi) is 3.34. The van der Waals surface area contributed by atoms with Crippen LogP contribution in [0.15, 0.2) is 53.7 Å². The molecule has 1 unspecified atom stereocenters. The summed E-state index contributed by atoms with van der Waals surface area (Å²) in [6.07, 6.45) is -0.184. The molecule has 4 rings (SSSR count). The Bertz CT molecular complexity index is 773. The molecule has 0 saturated carbocycles. The van der Waals surface area contributed by atoms with E-state index in [4.69, 9.17) is 14.3 Å². The number of fused-ring (bicyclic) bond motifs is 1. The average molecular weight is 310 g/mol. The molecular weight excluding hydrogens is 296 g/mol. The van der Waals surface area contributed by atoms with Gasteiger partial charge >= 0.3 is 0 Å². The Morgan fingerprint density at radius 1 is 1.09 bits per heavy atom. The number of nitrogens with zero attached hydrogens (tertiary/aromatic N) is 1. The van der Waals surface area contributed by atoms with Crippen LogP contribution in [0.2, 0.25) is 0 Å². The number of anilines is 1. The van der Waals surface area contributed by atoms with E-state index in [0.29, 0.717) is 23.6 Å². The fourth-order valence-electron chi connectivity index (χ4n) is 2.52. The van der Waals surface area contributed by atoms with Crippen molar-refractivity contribution in [1.29, 1.82) is 0 Å². The molecule has 2 aliphatic rings. The number of hydrogen-bond acceptors (Lipinski definition) is 5. The van der Waals surface area contributed by atoms with Crippen molar-refractivity contribution < 1.29 is 19.1 Å². The zero-order valence-electron chi connectivity index (χ0n) is 12.2. The fraction of sp³-hybridized carbons (Fsp3) is 0.176. The zero-order chi connectivity index (χ0) is 15.6. The monoisotopic (exact) mass is 310 g/mol. The van der Waals surface area contributed by atoms with Crippen LogP contribution in [0, 0.1) is 0 Å². The summed E-state index contributed by atoms with van der Waals surface area (Å²) in [5.41, 5.74) is 2.37. The van der Waals surface area contributed by atoms with Crippen molar-refractivity contribution in [2.24, 2.45) is 5.16 Å². The molecule has 0 radical (unpaired) electrons. The third-order valence-corrected chi connectivity index (χ3v) is 3.71. The fourth-order valence-corrected chi connectivity index (χ4v) is 2.52. The molecule has 0 spiro atoms. The van der Waals surface area contributed by atoms with Gasteiger partial charge in [-0.2, -0.15) is 0 Å². The quantitative estimate of drug-likeness (QED) is 0.946. The summed E-state index contributed by atoms with van der Waals surface area (Å²) in [7, 11) is 0. The van der Waals surface area contributed by atoms with Crippen molar-refractivity contribution >= 4 is 17.3 Å². The molecule has 6 heteroatoms. The molecule has 0 aromatic heterocycles. The number of ether oxygens (including phenoxy) is 2. The summed E-state index contributed by atoms with van der Waals surface area (Å²) < 4.78 is 10.5. The Morgan fingerprint density at radius 2 is 1.91 bits per heavy atom. The molecule has 2 aromatic carbocycles. The van der Waals surface area contributed by atoms with Gasteiger partial charge in [0.25, 0.3) is 5.91 Å². The lowest BCUT2D eigenvalue weighted by Crippen LogP contribution is -2.28. The highest BCUT2D eigenvalue weighted by molar-refractivity contribution is 6.06. The van der Waals surface area contributed by atoms with Crippen molar-refractivity contribution in [3.63, 3.8) is 0 Å². The Labute approximate surface area is 132 Å². The zero-order valence-corrected chi connectivity index (χ0v) is 12.2. The molecule has 2 aliphatic heterocycles. The number of benzene rings is 2. The van der Waals surface area contributed by atoms with Gasteiger partial charge in [0.05, 0.1) is 5.71 Å². The van der Waals surface area contributed by atoms with Crippen molar-refractivity contribution in [2.45, 2.75) is 12.5 Å². The third kappa shape index (κ3) is 2.70. The Balaban J connectivity index is 1.41. The van der Waals surface area contributed by atoms with Crippen LogP contribution in [0.3, 0.4) is 0 Å².